The molecule has 0 aliphatic rings. The maximum atomic E-state index is 11.5. The Hall–Kier alpha value is -1.07. The Kier molecular flexibility index (Phi) is 4.96. The molecule has 0 fully saturated rings. The average Bonchev–Trinajstić information content (AvgIpc) is 2.29. The first-order valence-electron chi connectivity index (χ1n) is 5.30. The number of ether oxygens (including phenoxy) is 1. The fourth-order valence-electron chi connectivity index (χ4n) is 1.41. The molecule has 0 aliphatic heterocycles. The van der Waals surface area contributed by atoms with E-state index in [4.69, 9.17) is 10.5 Å². The van der Waals surface area contributed by atoms with Crippen molar-refractivity contribution in [1.82, 2.24) is 0 Å². The van der Waals surface area contributed by atoms with Crippen LogP contribution < -0.4 is 11.1 Å². The van der Waals surface area contributed by atoms with E-state index in [-0.39, 0.29) is 0 Å². The summed E-state index contributed by atoms with van der Waals surface area (Å²) >= 11 is 3.36. The van der Waals surface area contributed by atoms with Crippen LogP contribution >= 0.6 is 15.9 Å². The number of anilines is 1. The third kappa shape index (κ3) is 4.02. The van der Waals surface area contributed by atoms with E-state index in [1.807, 2.05) is 24.3 Å². The summed E-state index contributed by atoms with van der Waals surface area (Å²) in [6.45, 7) is 2.25. The maximum absolute atomic E-state index is 11.5. The van der Waals surface area contributed by atoms with Gasteiger partial charge in [0.15, 0.2) is 0 Å². The predicted octanol–water partition coefficient (Wildman–Crippen LogP) is 2.14. The lowest BCUT2D eigenvalue weighted by atomic mass is 9.97. The molecule has 0 heterocycles. The highest BCUT2D eigenvalue weighted by Gasteiger charge is 2.30. The van der Waals surface area contributed by atoms with Crippen molar-refractivity contribution < 1.29 is 9.53 Å². The molecule has 0 aromatic heterocycles. The molecule has 0 bridgehead atoms. The molecule has 0 saturated carbocycles. The highest BCUT2D eigenvalue weighted by Crippen LogP contribution is 2.20. The molecule has 17 heavy (non-hydrogen) atoms. The van der Waals surface area contributed by atoms with Gasteiger partial charge in [0.25, 0.3) is 0 Å². The summed E-state index contributed by atoms with van der Waals surface area (Å²) in [4.78, 5) is 11.5. The molecule has 1 aromatic carbocycles. The number of carbonyl (C=O) groups is 1. The third-order valence-corrected chi connectivity index (χ3v) is 3.14. The van der Waals surface area contributed by atoms with Crippen LogP contribution in [0.3, 0.4) is 0 Å². The molecular weight excluding hydrogens is 284 g/mol. The highest BCUT2D eigenvalue weighted by atomic mass is 79.9. The number of primary amides is 1. The van der Waals surface area contributed by atoms with Gasteiger partial charge in [-0.3, -0.25) is 4.79 Å². The molecule has 94 valence electrons. The number of nitrogens with one attached hydrogen (secondary N) is 1. The standard InChI is InChI=1S/C12H17BrN2O2/c1-12(11(14)16,7-8-17-2)15-10-5-3-9(13)4-6-10/h3-6,15H,7-8H2,1-2H3,(H2,14,16). The summed E-state index contributed by atoms with van der Waals surface area (Å²) in [6, 6.07) is 7.58. The van der Waals surface area contributed by atoms with Crippen molar-refractivity contribution in [2.75, 3.05) is 19.0 Å². The molecule has 1 atom stereocenters. The molecule has 0 aliphatic carbocycles. The Balaban J connectivity index is 2.79. The van der Waals surface area contributed by atoms with Crippen LogP contribution in [0.5, 0.6) is 0 Å². The second-order valence-electron chi connectivity index (χ2n) is 4.07. The number of hydrogen-bond acceptors (Lipinski definition) is 3. The Labute approximate surface area is 110 Å². The second-order valence-corrected chi connectivity index (χ2v) is 4.99. The van der Waals surface area contributed by atoms with Crippen molar-refractivity contribution in [2.45, 2.75) is 18.9 Å². The van der Waals surface area contributed by atoms with Crippen LogP contribution in [-0.2, 0) is 9.53 Å². The molecule has 0 spiro atoms. The summed E-state index contributed by atoms with van der Waals surface area (Å²) in [6.07, 6.45) is 0.523. The molecule has 3 N–H and O–H groups in total. The molecule has 4 nitrogen and oxygen atoms in total. The minimum atomic E-state index is -0.802. The molecule has 1 amide bonds. The van der Waals surface area contributed by atoms with Gasteiger partial charge in [-0.25, -0.2) is 0 Å². The van der Waals surface area contributed by atoms with E-state index >= 15 is 0 Å². The Bertz CT molecular complexity index is 381. The quantitative estimate of drug-likeness (QED) is 0.846. The van der Waals surface area contributed by atoms with Crippen LogP contribution in [0.15, 0.2) is 28.7 Å². The fourth-order valence-corrected chi connectivity index (χ4v) is 1.67. The number of carbonyl (C=O) groups excluding carboxylic acids is 1. The van der Waals surface area contributed by atoms with Crippen LogP contribution in [-0.4, -0.2) is 25.2 Å². The first kappa shape index (κ1) is 14.0. The van der Waals surface area contributed by atoms with Crippen molar-refractivity contribution in [3.8, 4) is 0 Å². The van der Waals surface area contributed by atoms with Gasteiger partial charge in [0.1, 0.15) is 5.54 Å². The van der Waals surface area contributed by atoms with E-state index in [1.165, 1.54) is 0 Å². The normalized spacial score (nSPS) is 14.1. The van der Waals surface area contributed by atoms with E-state index < -0.39 is 11.4 Å². The molecule has 0 radical (unpaired) electrons. The van der Waals surface area contributed by atoms with Gasteiger partial charge >= 0.3 is 0 Å². The number of nitrogens with two attached hydrogens (primary N) is 1. The number of halogens is 1. The van der Waals surface area contributed by atoms with E-state index in [0.717, 1.165) is 10.2 Å². The lowest BCUT2D eigenvalue weighted by Crippen LogP contribution is -2.48. The monoisotopic (exact) mass is 300 g/mol. The molecule has 0 saturated heterocycles. The summed E-state index contributed by atoms with van der Waals surface area (Å²) in [5.74, 6) is -0.391. The Morgan fingerprint density at radius 1 is 1.47 bits per heavy atom. The Morgan fingerprint density at radius 3 is 2.53 bits per heavy atom. The van der Waals surface area contributed by atoms with Gasteiger partial charge in [-0.2, -0.15) is 0 Å². The molecule has 1 rings (SSSR count). The largest absolute Gasteiger partial charge is 0.385 e. The zero-order valence-corrected chi connectivity index (χ0v) is 11.6. The van der Waals surface area contributed by atoms with Crippen molar-refractivity contribution in [3.05, 3.63) is 28.7 Å². The van der Waals surface area contributed by atoms with E-state index in [1.54, 1.807) is 14.0 Å². The topological polar surface area (TPSA) is 64.3 Å². The molecular formula is C12H17BrN2O2. The zero-order valence-electron chi connectivity index (χ0n) is 10.00. The molecule has 5 heteroatoms. The van der Waals surface area contributed by atoms with E-state index in [2.05, 4.69) is 21.2 Å². The summed E-state index contributed by atoms with van der Waals surface area (Å²) < 4.78 is 5.98. The van der Waals surface area contributed by atoms with Crippen LogP contribution in [0, 0.1) is 0 Å². The predicted molar refractivity (Wildman–Crippen MR) is 71.9 cm³/mol. The number of benzene rings is 1. The maximum Gasteiger partial charge on any atom is 0.242 e. The first-order chi connectivity index (χ1) is 7.98. The number of methoxy groups -OCH3 is 1. The summed E-state index contributed by atoms with van der Waals surface area (Å²) in [7, 11) is 1.60. The first-order valence-corrected chi connectivity index (χ1v) is 6.10. The van der Waals surface area contributed by atoms with Gasteiger partial charge in [-0.1, -0.05) is 15.9 Å². The van der Waals surface area contributed by atoms with Gasteiger partial charge in [0.05, 0.1) is 0 Å². The highest BCUT2D eigenvalue weighted by molar-refractivity contribution is 9.10. The average molecular weight is 301 g/mol. The van der Waals surface area contributed by atoms with E-state index in [9.17, 15) is 4.79 Å². The third-order valence-electron chi connectivity index (χ3n) is 2.61. The Morgan fingerprint density at radius 2 is 2.06 bits per heavy atom. The lowest BCUT2D eigenvalue weighted by molar-refractivity contribution is -0.122. The molecule has 1 aromatic rings. The van der Waals surface area contributed by atoms with Gasteiger partial charge in [0.2, 0.25) is 5.91 Å². The van der Waals surface area contributed by atoms with Gasteiger partial charge < -0.3 is 15.8 Å². The van der Waals surface area contributed by atoms with Crippen molar-refractivity contribution >= 4 is 27.5 Å². The second kappa shape index (κ2) is 6.02. The van der Waals surface area contributed by atoms with Crippen molar-refractivity contribution in [3.63, 3.8) is 0 Å². The molecule has 1 unspecified atom stereocenters. The summed E-state index contributed by atoms with van der Waals surface area (Å²) in [5.41, 5.74) is 5.47. The van der Waals surface area contributed by atoms with Crippen molar-refractivity contribution in [1.29, 1.82) is 0 Å². The number of rotatable bonds is 6. The lowest BCUT2D eigenvalue weighted by Gasteiger charge is -2.28. The van der Waals surface area contributed by atoms with Crippen LogP contribution in [0.25, 0.3) is 0 Å². The van der Waals surface area contributed by atoms with Crippen LogP contribution in [0.2, 0.25) is 0 Å². The minimum absolute atomic E-state index is 0.391. The smallest absolute Gasteiger partial charge is 0.242 e. The van der Waals surface area contributed by atoms with Crippen molar-refractivity contribution in [2.24, 2.45) is 5.73 Å². The van der Waals surface area contributed by atoms with Gasteiger partial charge in [-0.15, -0.1) is 0 Å². The number of amides is 1. The van der Waals surface area contributed by atoms with Crippen LogP contribution in [0.4, 0.5) is 5.69 Å². The fraction of sp³-hybridized carbons (Fsp3) is 0.417. The zero-order chi connectivity index (χ0) is 12.9. The van der Waals surface area contributed by atoms with Gasteiger partial charge in [0, 0.05) is 30.3 Å². The minimum Gasteiger partial charge on any atom is -0.385 e. The van der Waals surface area contributed by atoms with E-state index in [0.29, 0.717) is 13.0 Å². The van der Waals surface area contributed by atoms with Crippen LogP contribution in [0.1, 0.15) is 13.3 Å². The summed E-state index contributed by atoms with van der Waals surface area (Å²) in [5, 5.41) is 3.14. The van der Waals surface area contributed by atoms with Gasteiger partial charge in [-0.05, 0) is 31.2 Å². The number of hydrogen-bond donors (Lipinski definition) is 2. The SMILES string of the molecule is COCCC(C)(Nc1ccc(Br)cc1)C(N)=O.